The lowest BCUT2D eigenvalue weighted by Crippen LogP contribution is -2.31. The molecule has 0 radical (unpaired) electrons. The number of hydrogen-bond acceptors (Lipinski definition) is 6. The average molecular weight is 400 g/mol. The Kier molecular flexibility index (Phi) is 7.30. The van der Waals surface area contributed by atoms with Gasteiger partial charge in [-0.15, -0.1) is 0 Å². The van der Waals surface area contributed by atoms with E-state index in [0.717, 1.165) is 23.3 Å². The molecule has 2 aromatic rings. The zero-order valence-electron chi connectivity index (χ0n) is 16.9. The number of ether oxygens (including phenoxy) is 2. The Balaban J connectivity index is 2.11. The van der Waals surface area contributed by atoms with Crippen molar-refractivity contribution in [2.45, 2.75) is 20.8 Å². The normalized spacial score (nSPS) is 10.3. The lowest BCUT2D eigenvalue weighted by molar-refractivity contribution is -0.384. The van der Waals surface area contributed by atoms with E-state index in [4.69, 9.17) is 9.47 Å². The van der Waals surface area contributed by atoms with Crippen molar-refractivity contribution < 1.29 is 24.0 Å². The zero-order valence-corrected chi connectivity index (χ0v) is 16.9. The molecule has 29 heavy (non-hydrogen) atoms. The molecule has 0 aromatic heterocycles. The number of rotatable bonds is 8. The zero-order chi connectivity index (χ0) is 21.6. The fraction of sp³-hybridized carbons (Fsp3) is 0.333. The van der Waals surface area contributed by atoms with E-state index in [1.54, 1.807) is 14.0 Å². The van der Waals surface area contributed by atoms with E-state index < -0.39 is 16.8 Å². The molecule has 0 aliphatic rings. The van der Waals surface area contributed by atoms with Crippen LogP contribution in [-0.4, -0.2) is 48.5 Å². The second-order valence-electron chi connectivity index (χ2n) is 6.64. The van der Waals surface area contributed by atoms with Gasteiger partial charge in [-0.2, -0.15) is 0 Å². The number of carbonyl (C=O) groups excluding carboxylic acids is 2. The predicted molar refractivity (Wildman–Crippen MR) is 107 cm³/mol. The Labute approximate surface area is 169 Å². The van der Waals surface area contributed by atoms with Crippen LogP contribution in [0.3, 0.4) is 0 Å². The molecule has 8 heteroatoms. The Bertz CT molecular complexity index is 905. The molecule has 0 unspecified atom stereocenters. The largest absolute Gasteiger partial charge is 0.492 e. The SMILES string of the molecule is CCOC(=O)c1cc(C(=O)N(C)CCOc2cc(C)cc(C)c2)cc([N+](=O)[O-])c1. The van der Waals surface area contributed by atoms with Gasteiger partial charge in [-0.1, -0.05) is 6.07 Å². The van der Waals surface area contributed by atoms with Gasteiger partial charge in [0.15, 0.2) is 0 Å². The van der Waals surface area contributed by atoms with Crippen molar-refractivity contribution in [3.8, 4) is 5.75 Å². The van der Waals surface area contributed by atoms with Crippen LogP contribution in [0, 0.1) is 24.0 Å². The van der Waals surface area contributed by atoms with Gasteiger partial charge in [-0.3, -0.25) is 14.9 Å². The molecule has 2 rings (SSSR count). The maximum absolute atomic E-state index is 12.7. The number of esters is 1. The van der Waals surface area contributed by atoms with Crippen LogP contribution in [0.25, 0.3) is 0 Å². The van der Waals surface area contributed by atoms with Gasteiger partial charge in [0.2, 0.25) is 0 Å². The summed E-state index contributed by atoms with van der Waals surface area (Å²) in [6, 6.07) is 9.38. The van der Waals surface area contributed by atoms with E-state index in [0.29, 0.717) is 5.75 Å². The lowest BCUT2D eigenvalue weighted by Gasteiger charge is -2.18. The number of nitrogens with zero attached hydrogens (tertiary/aromatic N) is 2. The topological polar surface area (TPSA) is 99.0 Å². The number of non-ortho nitro benzene ring substituents is 1. The Morgan fingerprint density at radius 2 is 1.66 bits per heavy atom. The van der Waals surface area contributed by atoms with Gasteiger partial charge >= 0.3 is 5.97 Å². The first-order valence-electron chi connectivity index (χ1n) is 9.14. The standard InChI is InChI=1S/C21H24N2O6/c1-5-28-21(25)17-11-16(12-18(13-17)23(26)27)20(24)22(4)6-7-29-19-9-14(2)8-15(3)10-19/h8-13H,5-7H2,1-4H3. The number of carbonyl (C=O) groups is 2. The highest BCUT2D eigenvalue weighted by molar-refractivity contribution is 5.98. The Morgan fingerprint density at radius 3 is 2.24 bits per heavy atom. The van der Waals surface area contributed by atoms with Crippen molar-refractivity contribution >= 4 is 17.6 Å². The van der Waals surface area contributed by atoms with Gasteiger partial charge < -0.3 is 14.4 Å². The fourth-order valence-electron chi connectivity index (χ4n) is 2.81. The summed E-state index contributed by atoms with van der Waals surface area (Å²) in [6.45, 7) is 6.22. The van der Waals surface area contributed by atoms with Gasteiger partial charge in [0.1, 0.15) is 12.4 Å². The Hall–Kier alpha value is -3.42. The van der Waals surface area contributed by atoms with Crippen molar-refractivity contribution in [1.29, 1.82) is 0 Å². The summed E-state index contributed by atoms with van der Waals surface area (Å²) in [5.74, 6) is -0.461. The minimum Gasteiger partial charge on any atom is -0.492 e. The highest BCUT2D eigenvalue weighted by atomic mass is 16.6. The summed E-state index contributed by atoms with van der Waals surface area (Å²) in [6.07, 6.45) is 0. The Morgan fingerprint density at radius 1 is 1.03 bits per heavy atom. The molecule has 0 bridgehead atoms. The van der Waals surface area contributed by atoms with Crippen LogP contribution >= 0.6 is 0 Å². The second kappa shape index (κ2) is 9.68. The van der Waals surface area contributed by atoms with Crippen LogP contribution < -0.4 is 4.74 Å². The minimum absolute atomic E-state index is 0.0377. The number of benzene rings is 2. The molecule has 0 fully saturated rings. The van der Waals surface area contributed by atoms with Crippen LogP contribution in [0.4, 0.5) is 5.69 Å². The number of aryl methyl sites for hydroxylation is 2. The molecule has 0 saturated heterocycles. The molecule has 0 aliphatic heterocycles. The molecule has 0 aliphatic carbocycles. The van der Waals surface area contributed by atoms with E-state index in [1.165, 1.54) is 11.0 Å². The number of likely N-dealkylation sites (N-methyl/N-ethyl adjacent to an activating group) is 1. The maximum atomic E-state index is 12.7. The molecule has 0 saturated carbocycles. The first-order valence-corrected chi connectivity index (χ1v) is 9.14. The number of amides is 1. The highest BCUT2D eigenvalue weighted by Gasteiger charge is 2.20. The van der Waals surface area contributed by atoms with Gasteiger partial charge in [0, 0.05) is 24.7 Å². The molecule has 0 atom stereocenters. The van der Waals surface area contributed by atoms with Crippen molar-refractivity contribution in [2.24, 2.45) is 0 Å². The fourth-order valence-corrected chi connectivity index (χ4v) is 2.81. The molecule has 0 heterocycles. The number of nitro groups is 1. The summed E-state index contributed by atoms with van der Waals surface area (Å²) < 4.78 is 10.6. The van der Waals surface area contributed by atoms with E-state index in [2.05, 4.69) is 0 Å². The third kappa shape index (κ3) is 6.03. The van der Waals surface area contributed by atoms with E-state index in [9.17, 15) is 19.7 Å². The van der Waals surface area contributed by atoms with Crippen LogP contribution in [0.15, 0.2) is 36.4 Å². The van der Waals surface area contributed by atoms with Gasteiger partial charge in [-0.05, 0) is 50.1 Å². The average Bonchev–Trinajstić information content (AvgIpc) is 2.66. The summed E-state index contributed by atoms with van der Waals surface area (Å²) in [5, 5.41) is 11.2. The molecule has 154 valence electrons. The smallest absolute Gasteiger partial charge is 0.338 e. The maximum Gasteiger partial charge on any atom is 0.338 e. The van der Waals surface area contributed by atoms with Gasteiger partial charge in [0.05, 0.1) is 23.6 Å². The molecular formula is C21H24N2O6. The molecular weight excluding hydrogens is 376 g/mol. The van der Waals surface area contributed by atoms with Crippen molar-refractivity contribution in [2.75, 3.05) is 26.8 Å². The van der Waals surface area contributed by atoms with Crippen LogP contribution in [0.2, 0.25) is 0 Å². The summed E-state index contributed by atoms with van der Waals surface area (Å²) in [5.41, 5.74) is 1.80. The lowest BCUT2D eigenvalue weighted by atomic mass is 10.1. The van der Waals surface area contributed by atoms with Crippen LogP contribution in [0.1, 0.15) is 38.8 Å². The van der Waals surface area contributed by atoms with Crippen molar-refractivity contribution in [1.82, 2.24) is 4.90 Å². The monoisotopic (exact) mass is 400 g/mol. The number of nitro benzene ring substituents is 1. The quantitative estimate of drug-likeness (QED) is 0.382. The van der Waals surface area contributed by atoms with Gasteiger partial charge in [-0.25, -0.2) is 4.79 Å². The van der Waals surface area contributed by atoms with E-state index in [1.807, 2.05) is 32.0 Å². The first kappa shape index (κ1) is 21.9. The summed E-state index contributed by atoms with van der Waals surface area (Å²) >= 11 is 0. The van der Waals surface area contributed by atoms with Gasteiger partial charge in [0.25, 0.3) is 11.6 Å². The van der Waals surface area contributed by atoms with Crippen molar-refractivity contribution in [3.63, 3.8) is 0 Å². The molecule has 0 N–H and O–H groups in total. The summed E-state index contributed by atoms with van der Waals surface area (Å²) in [7, 11) is 1.57. The van der Waals surface area contributed by atoms with E-state index >= 15 is 0 Å². The first-order chi connectivity index (χ1) is 13.7. The van der Waals surface area contributed by atoms with E-state index in [-0.39, 0.29) is 36.6 Å². The minimum atomic E-state index is -0.717. The number of hydrogen-bond donors (Lipinski definition) is 0. The molecule has 8 nitrogen and oxygen atoms in total. The summed E-state index contributed by atoms with van der Waals surface area (Å²) in [4.78, 5) is 36.6. The van der Waals surface area contributed by atoms with Crippen LogP contribution in [-0.2, 0) is 4.74 Å². The molecule has 0 spiro atoms. The molecule has 1 amide bonds. The highest BCUT2D eigenvalue weighted by Crippen LogP contribution is 2.20. The van der Waals surface area contributed by atoms with Crippen LogP contribution in [0.5, 0.6) is 5.75 Å². The van der Waals surface area contributed by atoms with Crippen molar-refractivity contribution in [3.05, 3.63) is 68.8 Å². The molecule has 2 aromatic carbocycles. The predicted octanol–water partition coefficient (Wildman–Crippen LogP) is 3.54. The third-order valence-corrected chi connectivity index (χ3v) is 4.12. The third-order valence-electron chi connectivity index (χ3n) is 4.12. The second-order valence-corrected chi connectivity index (χ2v) is 6.64.